The Hall–Kier alpha value is -2.74. The monoisotopic (exact) mass is 524 g/mol. The second-order valence-corrected chi connectivity index (χ2v) is 9.78. The smallest absolute Gasteiger partial charge is 0.330 e. The van der Waals surface area contributed by atoms with E-state index in [4.69, 9.17) is 18.9 Å². The van der Waals surface area contributed by atoms with Crippen molar-refractivity contribution in [3.63, 3.8) is 0 Å². The number of rotatable bonds is 8. The Morgan fingerprint density at radius 1 is 1.11 bits per heavy atom. The highest BCUT2D eigenvalue weighted by molar-refractivity contribution is 5.87. The van der Waals surface area contributed by atoms with Crippen molar-refractivity contribution in [3.8, 4) is 11.5 Å². The molecule has 0 radical (unpaired) electrons. The Bertz CT molecular complexity index is 1010. The molecule has 37 heavy (non-hydrogen) atoms. The number of aliphatic hydroxyl groups is 4. The van der Waals surface area contributed by atoms with Crippen LogP contribution in [0.1, 0.15) is 18.9 Å². The lowest BCUT2D eigenvalue weighted by atomic mass is 9.83. The van der Waals surface area contributed by atoms with E-state index in [0.717, 1.165) is 6.08 Å². The predicted molar refractivity (Wildman–Crippen MR) is 124 cm³/mol. The standard InChI is InChI=1S/C25H32O12/c1-11-6-17-20(13(8-26)24(33)36-17)14(11)9-35-25-23(32)22(31)21(30)18(37-25)10-34-19(29)5-3-12-2-4-15(27)16(28)7-12/h2-5,7,11,13-14,17-18,20-23,25-28,30-32H,6,8-10H2,1H3/b5-3+/t11-,13-,14+,17-,18+,20+,21+,22-,23+,25+/m0/s1. The zero-order valence-electron chi connectivity index (χ0n) is 20.1. The van der Waals surface area contributed by atoms with Gasteiger partial charge in [0.2, 0.25) is 0 Å². The highest BCUT2D eigenvalue weighted by Gasteiger charge is 2.55. The van der Waals surface area contributed by atoms with Gasteiger partial charge in [-0.05, 0) is 42.0 Å². The maximum absolute atomic E-state index is 12.1. The van der Waals surface area contributed by atoms with E-state index < -0.39 is 55.2 Å². The summed E-state index contributed by atoms with van der Waals surface area (Å²) in [5.41, 5.74) is 0.425. The molecule has 1 saturated carbocycles. The van der Waals surface area contributed by atoms with Crippen molar-refractivity contribution >= 4 is 18.0 Å². The largest absolute Gasteiger partial charge is 0.504 e. The molecule has 12 heteroatoms. The van der Waals surface area contributed by atoms with E-state index >= 15 is 0 Å². The predicted octanol–water partition coefficient (Wildman–Crippen LogP) is -0.716. The lowest BCUT2D eigenvalue weighted by molar-refractivity contribution is -0.304. The molecule has 1 aromatic rings. The molecule has 3 aliphatic rings. The minimum Gasteiger partial charge on any atom is -0.504 e. The molecule has 0 amide bonds. The van der Waals surface area contributed by atoms with Crippen LogP contribution < -0.4 is 0 Å². The van der Waals surface area contributed by atoms with Crippen LogP contribution in [0.5, 0.6) is 11.5 Å². The molecule has 12 nitrogen and oxygen atoms in total. The van der Waals surface area contributed by atoms with Crippen molar-refractivity contribution in [2.75, 3.05) is 19.8 Å². The number of hydrogen-bond acceptors (Lipinski definition) is 12. The lowest BCUT2D eigenvalue weighted by Gasteiger charge is -2.40. The van der Waals surface area contributed by atoms with Crippen LogP contribution in [-0.4, -0.2) is 99.2 Å². The number of hydrogen-bond donors (Lipinski definition) is 6. The first-order valence-electron chi connectivity index (χ1n) is 12.1. The number of benzene rings is 1. The number of aromatic hydroxyl groups is 2. The first-order valence-corrected chi connectivity index (χ1v) is 12.1. The Morgan fingerprint density at radius 3 is 2.57 bits per heavy atom. The molecular formula is C25H32O12. The first kappa shape index (κ1) is 27.3. The fourth-order valence-corrected chi connectivity index (χ4v) is 5.32. The van der Waals surface area contributed by atoms with Gasteiger partial charge in [0.15, 0.2) is 17.8 Å². The molecule has 10 atom stereocenters. The van der Waals surface area contributed by atoms with Gasteiger partial charge < -0.3 is 49.6 Å². The van der Waals surface area contributed by atoms with Crippen LogP contribution in [0.15, 0.2) is 24.3 Å². The molecule has 3 fully saturated rings. The van der Waals surface area contributed by atoms with Crippen molar-refractivity contribution in [3.05, 3.63) is 29.8 Å². The van der Waals surface area contributed by atoms with Crippen molar-refractivity contribution in [2.45, 2.75) is 50.2 Å². The van der Waals surface area contributed by atoms with E-state index in [1.165, 1.54) is 24.3 Å². The summed E-state index contributed by atoms with van der Waals surface area (Å²) in [7, 11) is 0. The van der Waals surface area contributed by atoms with Gasteiger partial charge >= 0.3 is 11.9 Å². The van der Waals surface area contributed by atoms with E-state index in [1.54, 1.807) is 0 Å². The summed E-state index contributed by atoms with van der Waals surface area (Å²) < 4.78 is 21.9. The van der Waals surface area contributed by atoms with Gasteiger partial charge in [-0.3, -0.25) is 4.79 Å². The number of carbonyl (C=O) groups excluding carboxylic acids is 2. The zero-order chi connectivity index (χ0) is 26.9. The van der Waals surface area contributed by atoms with Gasteiger partial charge in [-0.1, -0.05) is 13.0 Å². The van der Waals surface area contributed by atoms with E-state index in [-0.39, 0.29) is 48.6 Å². The van der Waals surface area contributed by atoms with Crippen LogP contribution in [0, 0.1) is 23.7 Å². The van der Waals surface area contributed by atoms with Crippen LogP contribution in [0.3, 0.4) is 0 Å². The highest BCUT2D eigenvalue weighted by atomic mass is 16.7. The second kappa shape index (κ2) is 11.3. The van der Waals surface area contributed by atoms with Gasteiger partial charge in [0.05, 0.1) is 19.1 Å². The summed E-state index contributed by atoms with van der Waals surface area (Å²) in [6, 6.07) is 3.97. The van der Waals surface area contributed by atoms with Crippen molar-refractivity contribution in [2.24, 2.45) is 23.7 Å². The molecule has 4 rings (SSSR count). The SMILES string of the molecule is C[C@H]1C[C@@H]2OC(=O)[C@@H](CO)[C@@H]2[C@@H]1CO[C@@H]1O[C@H](COC(=O)/C=C/c2ccc(O)c(O)c2)[C@@H](O)[C@H](O)[C@H]1O. The maximum atomic E-state index is 12.1. The molecule has 0 aromatic heterocycles. The molecule has 0 bridgehead atoms. The molecule has 2 heterocycles. The molecule has 204 valence electrons. The summed E-state index contributed by atoms with van der Waals surface area (Å²) in [5, 5.41) is 59.5. The number of carbonyl (C=O) groups is 2. The number of aliphatic hydroxyl groups excluding tert-OH is 4. The highest BCUT2D eigenvalue weighted by Crippen LogP contribution is 2.47. The summed E-state index contributed by atoms with van der Waals surface area (Å²) in [5.74, 6) is -2.87. The average Bonchev–Trinajstić information content (AvgIpc) is 3.33. The summed E-state index contributed by atoms with van der Waals surface area (Å²) in [4.78, 5) is 24.1. The van der Waals surface area contributed by atoms with E-state index in [0.29, 0.717) is 12.0 Å². The molecule has 1 aromatic carbocycles. The fraction of sp³-hybridized carbons (Fsp3) is 0.600. The van der Waals surface area contributed by atoms with Crippen LogP contribution in [-0.2, 0) is 28.5 Å². The first-order chi connectivity index (χ1) is 17.6. The van der Waals surface area contributed by atoms with Gasteiger partial charge in [0.25, 0.3) is 0 Å². The van der Waals surface area contributed by atoms with E-state index in [1.807, 2.05) is 6.92 Å². The third kappa shape index (κ3) is 5.74. The number of fused-ring (bicyclic) bond motifs is 1. The Balaban J connectivity index is 1.33. The van der Waals surface area contributed by atoms with Gasteiger partial charge in [-0.15, -0.1) is 0 Å². The van der Waals surface area contributed by atoms with Crippen LogP contribution in [0.4, 0.5) is 0 Å². The number of phenols is 2. The van der Waals surface area contributed by atoms with E-state index in [2.05, 4.69) is 0 Å². The van der Waals surface area contributed by atoms with Gasteiger partial charge in [0.1, 0.15) is 37.1 Å². The minimum atomic E-state index is -1.63. The molecule has 2 aliphatic heterocycles. The van der Waals surface area contributed by atoms with Crippen LogP contribution in [0.25, 0.3) is 6.08 Å². The maximum Gasteiger partial charge on any atom is 0.330 e. The van der Waals surface area contributed by atoms with Gasteiger partial charge in [0, 0.05) is 12.0 Å². The number of ether oxygens (including phenoxy) is 4. The number of phenolic OH excluding ortho intramolecular Hbond substituents is 2. The summed E-state index contributed by atoms with van der Waals surface area (Å²) in [6.07, 6.45) is -4.59. The quantitative estimate of drug-likeness (QED) is 0.142. The lowest BCUT2D eigenvalue weighted by Crippen LogP contribution is -2.59. The third-order valence-electron chi connectivity index (χ3n) is 7.41. The van der Waals surface area contributed by atoms with Crippen molar-refractivity contribution < 1.29 is 59.2 Å². The Kier molecular flexibility index (Phi) is 8.36. The second-order valence-electron chi connectivity index (χ2n) is 9.78. The molecule has 2 saturated heterocycles. The Morgan fingerprint density at radius 2 is 1.86 bits per heavy atom. The molecule has 0 unspecified atom stereocenters. The number of esters is 2. The van der Waals surface area contributed by atoms with Crippen LogP contribution >= 0.6 is 0 Å². The fourth-order valence-electron chi connectivity index (χ4n) is 5.32. The van der Waals surface area contributed by atoms with E-state index in [9.17, 15) is 40.2 Å². The molecular weight excluding hydrogens is 492 g/mol. The normalized spacial score (nSPS) is 37.5. The third-order valence-corrected chi connectivity index (χ3v) is 7.41. The zero-order valence-corrected chi connectivity index (χ0v) is 20.1. The average molecular weight is 525 g/mol. The molecule has 6 N–H and O–H groups in total. The minimum absolute atomic E-state index is 0.0503. The molecule has 0 spiro atoms. The van der Waals surface area contributed by atoms with Crippen molar-refractivity contribution in [1.29, 1.82) is 0 Å². The van der Waals surface area contributed by atoms with Crippen molar-refractivity contribution in [1.82, 2.24) is 0 Å². The topological polar surface area (TPSA) is 192 Å². The Labute approximate surface area is 212 Å². The summed E-state index contributed by atoms with van der Waals surface area (Å²) >= 11 is 0. The van der Waals surface area contributed by atoms with Gasteiger partial charge in [-0.25, -0.2) is 4.79 Å². The summed E-state index contributed by atoms with van der Waals surface area (Å²) in [6.45, 7) is 1.23. The van der Waals surface area contributed by atoms with Crippen LogP contribution in [0.2, 0.25) is 0 Å². The van der Waals surface area contributed by atoms with Gasteiger partial charge in [-0.2, -0.15) is 0 Å². The molecule has 1 aliphatic carbocycles.